The summed E-state index contributed by atoms with van der Waals surface area (Å²) in [5, 5.41) is 19.6. The Labute approximate surface area is 116 Å². The third-order valence-electron chi connectivity index (χ3n) is 2.56. The summed E-state index contributed by atoms with van der Waals surface area (Å²) in [6, 6.07) is 5.74. The van der Waals surface area contributed by atoms with Gasteiger partial charge in [0.15, 0.2) is 4.77 Å². The highest BCUT2D eigenvalue weighted by Gasteiger charge is 2.12. The van der Waals surface area contributed by atoms with E-state index in [1.807, 2.05) is 0 Å². The highest BCUT2D eigenvalue weighted by Crippen LogP contribution is 2.21. The Hall–Kier alpha value is -2.99. The van der Waals surface area contributed by atoms with E-state index in [0.29, 0.717) is 11.0 Å². The van der Waals surface area contributed by atoms with E-state index in [1.165, 1.54) is 22.8 Å². The molecule has 0 aliphatic rings. The minimum Gasteiger partial charge on any atom is -0.365 e. The van der Waals surface area contributed by atoms with Crippen LogP contribution in [-0.2, 0) is 4.79 Å². The van der Waals surface area contributed by atoms with Crippen molar-refractivity contribution in [3.05, 3.63) is 38.7 Å². The second kappa shape index (κ2) is 4.94. The number of aromatic nitrogens is 2. The molecule has 0 unspecified atom stereocenters. The summed E-state index contributed by atoms with van der Waals surface area (Å²) in [5.74, 6) is -0.908. The fourth-order valence-electron chi connectivity index (χ4n) is 1.63. The molecule has 0 fully saturated rings. The fraction of sp³-hybridized carbons (Fsp3) is 0. The molecule has 8 nitrogen and oxygen atoms in total. The van der Waals surface area contributed by atoms with Gasteiger partial charge in [-0.2, -0.15) is 5.26 Å². The van der Waals surface area contributed by atoms with Crippen LogP contribution in [0, 0.1) is 26.2 Å². The Kier molecular flexibility index (Phi) is 3.32. The lowest BCUT2D eigenvalue weighted by Gasteiger charge is -1.98. The van der Waals surface area contributed by atoms with Crippen LogP contribution in [0.15, 0.2) is 23.8 Å². The summed E-state index contributed by atoms with van der Waals surface area (Å²) < 4.78 is 1.48. The lowest BCUT2D eigenvalue weighted by atomic mass is 10.2. The molecule has 20 heavy (non-hydrogen) atoms. The maximum Gasteiger partial charge on any atom is 0.271 e. The molecule has 0 aliphatic heterocycles. The summed E-state index contributed by atoms with van der Waals surface area (Å²) in [5.41, 5.74) is 5.51. The number of nitriles is 1. The maximum absolute atomic E-state index is 11.0. The molecule has 1 aromatic heterocycles. The van der Waals surface area contributed by atoms with Crippen LogP contribution in [0.3, 0.4) is 0 Å². The highest BCUT2D eigenvalue weighted by atomic mass is 32.1. The molecule has 2 aromatic rings. The highest BCUT2D eigenvalue weighted by molar-refractivity contribution is 7.71. The van der Waals surface area contributed by atoms with Crippen LogP contribution in [0.5, 0.6) is 0 Å². The molecule has 0 saturated carbocycles. The Morgan fingerprint density at radius 2 is 2.30 bits per heavy atom. The van der Waals surface area contributed by atoms with Gasteiger partial charge in [-0.25, -0.2) is 0 Å². The van der Waals surface area contributed by atoms with Crippen LogP contribution in [-0.4, -0.2) is 20.4 Å². The minimum absolute atomic E-state index is 0.133. The van der Waals surface area contributed by atoms with Crippen molar-refractivity contribution in [2.45, 2.75) is 0 Å². The number of hydrogen-bond acceptors (Lipinski definition) is 5. The quantitative estimate of drug-likeness (QED) is 0.290. The van der Waals surface area contributed by atoms with Gasteiger partial charge in [0.25, 0.3) is 11.6 Å². The number of primary amides is 1. The molecule has 100 valence electrons. The number of aromatic amines is 1. The van der Waals surface area contributed by atoms with Crippen molar-refractivity contribution in [1.82, 2.24) is 9.55 Å². The first kappa shape index (κ1) is 13.4. The third-order valence-corrected chi connectivity index (χ3v) is 2.85. The normalized spacial score (nSPS) is 11.2. The predicted molar refractivity (Wildman–Crippen MR) is 72.9 cm³/mol. The third kappa shape index (κ3) is 2.27. The first-order valence-corrected chi connectivity index (χ1v) is 5.65. The lowest BCUT2D eigenvalue weighted by Crippen LogP contribution is -2.13. The molecule has 0 aliphatic carbocycles. The van der Waals surface area contributed by atoms with E-state index >= 15 is 0 Å². The van der Waals surface area contributed by atoms with Gasteiger partial charge in [0.1, 0.15) is 11.6 Å². The number of amides is 1. The standard InChI is InChI=1S/C11H7N5O3S/c12-4-6(10(13)17)5-15-9-3-7(16(18)19)1-2-8(9)14-11(15)20/h1-3,5H,(H2,13,17)(H,14,20). The molecule has 1 heterocycles. The molecule has 0 spiro atoms. The van der Waals surface area contributed by atoms with Crippen molar-refractivity contribution in [1.29, 1.82) is 5.26 Å². The van der Waals surface area contributed by atoms with Crippen LogP contribution in [0.4, 0.5) is 5.69 Å². The van der Waals surface area contributed by atoms with Crippen LogP contribution >= 0.6 is 12.2 Å². The van der Waals surface area contributed by atoms with Gasteiger partial charge in [-0.15, -0.1) is 0 Å². The van der Waals surface area contributed by atoms with Gasteiger partial charge in [-0.3, -0.25) is 19.5 Å². The lowest BCUT2D eigenvalue weighted by molar-refractivity contribution is -0.384. The number of nitro benzene ring substituents is 1. The van der Waals surface area contributed by atoms with Crippen LogP contribution in [0.2, 0.25) is 0 Å². The number of carbonyl (C=O) groups is 1. The number of nitrogens with two attached hydrogens (primary N) is 1. The monoisotopic (exact) mass is 289 g/mol. The molecule has 0 bridgehead atoms. The van der Waals surface area contributed by atoms with Crippen LogP contribution in [0.25, 0.3) is 17.2 Å². The van der Waals surface area contributed by atoms with E-state index in [9.17, 15) is 14.9 Å². The number of nitro groups is 1. The average Bonchev–Trinajstić information content (AvgIpc) is 2.70. The van der Waals surface area contributed by atoms with Crippen molar-refractivity contribution in [2.75, 3.05) is 0 Å². The first-order valence-electron chi connectivity index (χ1n) is 5.24. The molecule has 2 rings (SSSR count). The van der Waals surface area contributed by atoms with Crippen molar-refractivity contribution in [2.24, 2.45) is 5.73 Å². The summed E-state index contributed by atoms with van der Waals surface area (Å²) in [6.45, 7) is 0. The van der Waals surface area contributed by atoms with E-state index in [2.05, 4.69) is 4.98 Å². The van der Waals surface area contributed by atoms with Gasteiger partial charge in [0, 0.05) is 18.3 Å². The molecule has 0 saturated heterocycles. The first-order chi connectivity index (χ1) is 9.43. The van der Waals surface area contributed by atoms with E-state index in [4.69, 9.17) is 23.2 Å². The summed E-state index contributed by atoms with van der Waals surface area (Å²) in [6.07, 6.45) is 1.15. The molecule has 3 N–H and O–H groups in total. The summed E-state index contributed by atoms with van der Waals surface area (Å²) in [7, 11) is 0. The van der Waals surface area contributed by atoms with E-state index < -0.39 is 10.8 Å². The van der Waals surface area contributed by atoms with Gasteiger partial charge in [0.2, 0.25) is 0 Å². The number of benzene rings is 1. The predicted octanol–water partition coefficient (Wildman–Crippen LogP) is 1.46. The maximum atomic E-state index is 11.0. The van der Waals surface area contributed by atoms with Gasteiger partial charge < -0.3 is 10.7 Å². The number of nitrogens with one attached hydrogen (secondary N) is 1. The number of non-ortho nitro benzene ring substituents is 1. The molecule has 9 heteroatoms. The number of fused-ring (bicyclic) bond motifs is 1. The van der Waals surface area contributed by atoms with Gasteiger partial charge in [-0.1, -0.05) is 0 Å². The number of hydrogen-bond donors (Lipinski definition) is 2. The number of imidazole rings is 1. The minimum atomic E-state index is -0.908. The Morgan fingerprint density at radius 3 is 2.85 bits per heavy atom. The van der Waals surface area contributed by atoms with E-state index in [1.54, 1.807) is 6.07 Å². The largest absolute Gasteiger partial charge is 0.365 e. The number of rotatable bonds is 3. The van der Waals surface area contributed by atoms with Crippen LogP contribution < -0.4 is 5.73 Å². The second-order valence-electron chi connectivity index (χ2n) is 3.78. The number of carbonyl (C=O) groups excluding carboxylic acids is 1. The van der Waals surface area contributed by atoms with Gasteiger partial charge >= 0.3 is 0 Å². The second-order valence-corrected chi connectivity index (χ2v) is 4.16. The zero-order valence-electron chi connectivity index (χ0n) is 9.86. The average molecular weight is 289 g/mol. The Balaban J connectivity index is 2.76. The summed E-state index contributed by atoms with van der Waals surface area (Å²) in [4.78, 5) is 24.1. The summed E-state index contributed by atoms with van der Waals surface area (Å²) >= 11 is 5.05. The molecule has 0 radical (unpaired) electrons. The topological polar surface area (TPSA) is 131 Å². The molecule has 1 aromatic carbocycles. The number of nitrogens with zero attached hydrogens (tertiary/aromatic N) is 3. The van der Waals surface area contributed by atoms with E-state index in [0.717, 1.165) is 6.20 Å². The molecule has 1 amide bonds. The van der Waals surface area contributed by atoms with Crippen molar-refractivity contribution < 1.29 is 9.72 Å². The molecule has 0 atom stereocenters. The fourth-order valence-corrected chi connectivity index (χ4v) is 1.89. The van der Waals surface area contributed by atoms with Crippen molar-refractivity contribution in [3.63, 3.8) is 0 Å². The molecular weight excluding hydrogens is 282 g/mol. The smallest absolute Gasteiger partial charge is 0.271 e. The Bertz CT molecular complexity index is 855. The number of H-pyrrole nitrogens is 1. The Morgan fingerprint density at radius 1 is 1.60 bits per heavy atom. The zero-order valence-corrected chi connectivity index (χ0v) is 10.7. The van der Waals surface area contributed by atoms with E-state index in [-0.39, 0.29) is 16.0 Å². The SMILES string of the molecule is N#CC(=Cn1c(=S)[nH]c2ccc([N+](=O)[O-])cc21)C(N)=O. The van der Waals surface area contributed by atoms with Gasteiger partial charge in [-0.05, 0) is 18.3 Å². The van der Waals surface area contributed by atoms with Crippen LogP contribution in [0.1, 0.15) is 0 Å². The van der Waals surface area contributed by atoms with Crippen molar-refractivity contribution in [3.8, 4) is 6.07 Å². The molecular formula is C11H7N5O3S. The van der Waals surface area contributed by atoms with Crippen molar-refractivity contribution >= 4 is 41.0 Å². The van der Waals surface area contributed by atoms with Gasteiger partial charge in [0.05, 0.1) is 16.0 Å². The zero-order chi connectivity index (χ0) is 14.9.